The predicted octanol–water partition coefficient (Wildman–Crippen LogP) is 6.31. The van der Waals surface area contributed by atoms with Crippen molar-refractivity contribution < 1.29 is 37.0 Å². The van der Waals surface area contributed by atoms with Gasteiger partial charge in [0.1, 0.15) is 11.3 Å². The normalized spacial score (nSPS) is 22.3. The zero-order valence-corrected chi connectivity index (χ0v) is 24.8. The van der Waals surface area contributed by atoms with Crippen LogP contribution < -0.4 is 15.4 Å². The summed E-state index contributed by atoms with van der Waals surface area (Å²) < 4.78 is 58.8. The summed E-state index contributed by atoms with van der Waals surface area (Å²) in [5, 5.41) is 15.7. The number of nitrogens with one attached hydrogen (secondary N) is 2. The third kappa shape index (κ3) is 6.48. The predicted molar refractivity (Wildman–Crippen MR) is 158 cm³/mol. The van der Waals surface area contributed by atoms with E-state index in [-0.39, 0.29) is 23.8 Å². The molecule has 5 rings (SSSR count). The molecule has 2 aliphatic carbocycles. The van der Waals surface area contributed by atoms with E-state index in [2.05, 4.69) is 42.9 Å². The van der Waals surface area contributed by atoms with Crippen molar-refractivity contribution in [2.75, 3.05) is 0 Å². The Kier molecular flexibility index (Phi) is 8.95. The lowest BCUT2D eigenvalue weighted by Crippen LogP contribution is -2.56. The van der Waals surface area contributed by atoms with Crippen molar-refractivity contribution in [3.05, 3.63) is 107 Å². The molecular weight excluding hydrogens is 681 g/mol. The number of benzene rings is 2. The summed E-state index contributed by atoms with van der Waals surface area (Å²) >= 11 is 2.18. The lowest BCUT2D eigenvalue weighted by Gasteiger charge is -2.37. The number of hydrogen-bond acceptors (Lipinski definition) is 4. The van der Waals surface area contributed by atoms with Gasteiger partial charge in [0.05, 0.1) is 17.7 Å². The molecule has 0 spiro atoms. The number of carbonyl (C=O) groups is 2. The molecule has 1 aromatic heterocycles. The van der Waals surface area contributed by atoms with Crippen LogP contribution in [0.25, 0.3) is 0 Å². The highest BCUT2D eigenvalue weighted by molar-refractivity contribution is 14.1. The highest BCUT2D eigenvalue weighted by Crippen LogP contribution is 2.44. The molecule has 12 heteroatoms. The molecule has 2 aromatic carbocycles. The smallest absolute Gasteiger partial charge is 0.461 e. The van der Waals surface area contributed by atoms with Crippen LogP contribution in [-0.4, -0.2) is 40.7 Å². The van der Waals surface area contributed by atoms with E-state index in [1.54, 1.807) is 30.5 Å². The first kappa shape index (κ1) is 30.8. The maximum Gasteiger partial charge on any atom is 0.461 e. The Morgan fingerprint density at radius 1 is 1.02 bits per heavy atom. The van der Waals surface area contributed by atoms with Crippen LogP contribution in [0.4, 0.5) is 22.4 Å². The van der Waals surface area contributed by atoms with E-state index in [4.69, 9.17) is 0 Å². The molecule has 2 amide bonds. The summed E-state index contributed by atoms with van der Waals surface area (Å²) in [5.74, 6) is -2.71. The molecule has 0 saturated heterocycles. The molecule has 5 atom stereocenters. The fourth-order valence-electron chi connectivity index (χ4n) is 5.94. The molecule has 1 heterocycles. The summed E-state index contributed by atoms with van der Waals surface area (Å²) in [6, 6.07) is 16.4. The van der Waals surface area contributed by atoms with Gasteiger partial charge in [0, 0.05) is 17.0 Å². The second kappa shape index (κ2) is 12.5. The van der Waals surface area contributed by atoms with E-state index in [0.29, 0.717) is 16.5 Å². The standard InChI is InChI=1S/C31H28F4IN3O4/c32-28(33)31(34,35)43-23-8-4-7-22(14-23)30(15-18-5-2-1-3-6-18,24-12-9-19(16-36)17-37-24)39-29(42)38-26-21-11-10-20(13-21)25(26)27(40)41/h1-12,14,17,20-21,25-26,28H,13,15-16H2,(H,40,41)(H2,38,39,42)/t20-,21+,25-,26+,30+/m1/s1. The van der Waals surface area contributed by atoms with Gasteiger partial charge in [-0.05, 0) is 53.1 Å². The number of aliphatic carboxylic acids is 1. The summed E-state index contributed by atoms with van der Waals surface area (Å²) in [6.07, 6.45) is -2.71. The summed E-state index contributed by atoms with van der Waals surface area (Å²) in [6.45, 7) is 0. The monoisotopic (exact) mass is 709 g/mol. The van der Waals surface area contributed by atoms with Gasteiger partial charge in [0.15, 0.2) is 0 Å². The van der Waals surface area contributed by atoms with Crippen LogP contribution in [0.2, 0.25) is 0 Å². The first-order valence-electron chi connectivity index (χ1n) is 13.5. The zero-order chi connectivity index (χ0) is 30.8. The number of carboxylic acid groups (broad SMARTS) is 1. The molecule has 226 valence electrons. The number of carbonyl (C=O) groups excluding carboxylic acids is 1. The van der Waals surface area contributed by atoms with Crippen molar-refractivity contribution in [2.24, 2.45) is 17.8 Å². The number of alkyl halides is 5. The summed E-state index contributed by atoms with van der Waals surface area (Å²) in [5.41, 5.74) is 0.722. The minimum absolute atomic E-state index is 0.0888. The van der Waals surface area contributed by atoms with Gasteiger partial charge >= 0.3 is 24.5 Å². The Morgan fingerprint density at radius 2 is 1.77 bits per heavy atom. The number of nitrogens with zero attached hydrogens (tertiary/aromatic N) is 1. The van der Waals surface area contributed by atoms with Crippen molar-refractivity contribution in [3.8, 4) is 5.75 Å². The molecule has 0 aliphatic heterocycles. The van der Waals surface area contributed by atoms with E-state index in [9.17, 15) is 32.3 Å². The lowest BCUT2D eigenvalue weighted by molar-refractivity contribution is -0.253. The van der Waals surface area contributed by atoms with Crippen molar-refractivity contribution in [3.63, 3.8) is 0 Å². The fraction of sp³-hybridized carbons (Fsp3) is 0.323. The van der Waals surface area contributed by atoms with Crippen molar-refractivity contribution in [1.29, 1.82) is 0 Å². The van der Waals surface area contributed by atoms with Gasteiger partial charge in [-0.15, -0.1) is 0 Å². The first-order valence-corrected chi connectivity index (χ1v) is 15.1. The SMILES string of the molecule is O=C(N[C@@H]1[C@H](C(=O)O)[C@@H]2C=C[C@H]1C2)N[C@@](Cc1ccccc1)(c1cccc(OC(F)(F)C(F)F)c1)c1ccc(CI)cn1. The van der Waals surface area contributed by atoms with Crippen molar-refractivity contribution >= 4 is 34.6 Å². The molecule has 3 aromatic rings. The molecule has 0 unspecified atom stereocenters. The van der Waals surface area contributed by atoms with Crippen LogP contribution in [0.15, 0.2) is 85.1 Å². The quantitative estimate of drug-likeness (QED) is 0.0938. The molecule has 7 nitrogen and oxygen atoms in total. The van der Waals surface area contributed by atoms with Gasteiger partial charge in [0.2, 0.25) is 0 Å². The molecule has 2 bridgehead atoms. The summed E-state index contributed by atoms with van der Waals surface area (Å²) in [7, 11) is 0. The number of halogens is 5. The van der Waals surface area contributed by atoms with E-state index < -0.39 is 47.8 Å². The molecule has 1 fully saturated rings. The van der Waals surface area contributed by atoms with E-state index in [0.717, 1.165) is 17.2 Å². The Balaban J connectivity index is 1.59. The van der Waals surface area contributed by atoms with Gasteiger partial charge in [-0.3, -0.25) is 9.78 Å². The minimum Gasteiger partial charge on any atom is -0.481 e. The minimum atomic E-state index is -4.74. The maximum absolute atomic E-state index is 13.9. The van der Waals surface area contributed by atoms with Gasteiger partial charge in [-0.25, -0.2) is 4.79 Å². The van der Waals surface area contributed by atoms with Crippen molar-refractivity contribution in [1.82, 2.24) is 15.6 Å². The molecular formula is C31H28F4IN3O4. The zero-order valence-electron chi connectivity index (χ0n) is 22.6. The highest BCUT2D eigenvalue weighted by atomic mass is 127. The maximum atomic E-state index is 13.9. The number of ether oxygens (including phenoxy) is 1. The number of pyridine rings is 1. The van der Waals surface area contributed by atoms with E-state index in [1.807, 2.05) is 36.4 Å². The number of urea groups is 1. The Morgan fingerprint density at radius 3 is 2.42 bits per heavy atom. The van der Waals surface area contributed by atoms with Gasteiger partial charge in [0.25, 0.3) is 0 Å². The number of hydrogen-bond donors (Lipinski definition) is 3. The van der Waals surface area contributed by atoms with Crippen LogP contribution in [0, 0.1) is 17.8 Å². The van der Waals surface area contributed by atoms with Crippen LogP contribution >= 0.6 is 22.6 Å². The van der Waals surface area contributed by atoms with Crippen LogP contribution in [-0.2, 0) is 21.2 Å². The number of fused-ring (bicyclic) bond motifs is 2. The third-order valence-corrected chi connectivity index (χ3v) is 8.81. The summed E-state index contributed by atoms with van der Waals surface area (Å²) in [4.78, 5) is 30.5. The van der Waals surface area contributed by atoms with Gasteiger partial charge in [-0.1, -0.05) is 83.3 Å². The average molecular weight is 709 g/mol. The third-order valence-electron chi connectivity index (χ3n) is 7.93. The van der Waals surface area contributed by atoms with Crippen LogP contribution in [0.5, 0.6) is 5.75 Å². The molecule has 1 saturated carbocycles. The Hall–Kier alpha value is -3.68. The Labute approximate surface area is 258 Å². The molecule has 2 aliphatic rings. The highest BCUT2D eigenvalue weighted by Gasteiger charge is 2.50. The van der Waals surface area contributed by atoms with Gasteiger partial charge < -0.3 is 20.5 Å². The number of amides is 2. The van der Waals surface area contributed by atoms with E-state index in [1.165, 1.54) is 12.1 Å². The number of carboxylic acids is 1. The number of rotatable bonds is 11. The van der Waals surface area contributed by atoms with E-state index >= 15 is 0 Å². The number of aromatic nitrogens is 1. The molecule has 0 radical (unpaired) electrons. The second-order valence-electron chi connectivity index (χ2n) is 10.7. The average Bonchev–Trinajstić information content (AvgIpc) is 3.59. The van der Waals surface area contributed by atoms with Gasteiger partial charge in [-0.2, -0.15) is 17.6 Å². The Bertz CT molecular complexity index is 1490. The second-order valence-corrected chi connectivity index (χ2v) is 11.4. The van der Waals surface area contributed by atoms with Crippen LogP contribution in [0.1, 0.15) is 28.8 Å². The van der Waals surface area contributed by atoms with Crippen molar-refractivity contribution in [2.45, 2.75) is 41.4 Å². The molecule has 43 heavy (non-hydrogen) atoms. The largest absolute Gasteiger partial charge is 0.481 e. The van der Waals surface area contributed by atoms with Crippen LogP contribution in [0.3, 0.4) is 0 Å². The number of allylic oxidation sites excluding steroid dienone is 1. The first-order chi connectivity index (χ1) is 20.5. The molecule has 3 N–H and O–H groups in total. The lowest BCUT2D eigenvalue weighted by atomic mass is 9.80. The fourth-order valence-corrected chi connectivity index (χ4v) is 6.39. The topological polar surface area (TPSA) is 101 Å².